The van der Waals surface area contributed by atoms with Gasteiger partial charge in [0.2, 0.25) is 0 Å². The van der Waals surface area contributed by atoms with Crippen molar-refractivity contribution in [1.29, 1.82) is 0 Å². The molecule has 0 heterocycles. The van der Waals surface area contributed by atoms with Crippen molar-refractivity contribution in [1.82, 2.24) is 5.32 Å². The van der Waals surface area contributed by atoms with Crippen molar-refractivity contribution in [3.8, 4) is 0 Å². The molecular weight excluding hydrogens is 271 g/mol. The number of benzene rings is 2. The lowest BCUT2D eigenvalue weighted by Crippen LogP contribution is -2.32. The molecule has 0 radical (unpaired) electrons. The van der Waals surface area contributed by atoms with Crippen LogP contribution in [0.15, 0.2) is 48.5 Å². The van der Waals surface area contributed by atoms with E-state index >= 15 is 0 Å². The molecule has 2 amide bonds. The molecule has 0 bridgehead atoms. The molecule has 0 aliphatic carbocycles. The summed E-state index contributed by atoms with van der Waals surface area (Å²) in [5.74, 6) is -0.495. The predicted molar refractivity (Wildman–Crippen MR) is 79.6 cm³/mol. The van der Waals surface area contributed by atoms with Gasteiger partial charge in [0.1, 0.15) is 5.82 Å². The quantitative estimate of drug-likeness (QED) is 0.810. The van der Waals surface area contributed by atoms with Gasteiger partial charge in [0.05, 0.1) is 6.10 Å². The Balaban J connectivity index is 1.88. The molecule has 2 aromatic carbocycles. The van der Waals surface area contributed by atoms with E-state index in [1.165, 1.54) is 12.1 Å². The van der Waals surface area contributed by atoms with Crippen molar-refractivity contribution >= 4 is 11.7 Å². The standard InChI is InChI=1S/C16H17FN2O2/c1-11-5-4-6-12(9-11)19-16(21)18-10-15(20)13-7-2-3-8-14(13)17/h2-9,15,20H,10H2,1H3,(H2,18,19,21)/t15-/m0/s1. The van der Waals surface area contributed by atoms with Crippen LogP contribution in [-0.2, 0) is 0 Å². The Labute approximate surface area is 122 Å². The number of urea groups is 1. The first kappa shape index (κ1) is 15.0. The summed E-state index contributed by atoms with van der Waals surface area (Å²) >= 11 is 0. The van der Waals surface area contributed by atoms with Gasteiger partial charge >= 0.3 is 6.03 Å². The van der Waals surface area contributed by atoms with Gasteiger partial charge in [0, 0.05) is 17.8 Å². The molecule has 0 aromatic heterocycles. The minimum absolute atomic E-state index is 0.0709. The van der Waals surface area contributed by atoms with Crippen LogP contribution < -0.4 is 10.6 Å². The fourth-order valence-electron chi connectivity index (χ4n) is 1.94. The molecule has 0 saturated carbocycles. The number of amides is 2. The number of aliphatic hydroxyl groups is 1. The monoisotopic (exact) mass is 288 g/mol. The van der Waals surface area contributed by atoms with Gasteiger partial charge in [-0.3, -0.25) is 0 Å². The Hall–Kier alpha value is -2.40. The molecule has 21 heavy (non-hydrogen) atoms. The summed E-state index contributed by atoms with van der Waals surface area (Å²) in [6.07, 6.45) is -1.09. The van der Waals surface area contributed by atoms with Crippen LogP contribution in [0.1, 0.15) is 17.2 Å². The van der Waals surface area contributed by atoms with E-state index < -0.39 is 18.0 Å². The highest BCUT2D eigenvalue weighted by Crippen LogP contribution is 2.15. The van der Waals surface area contributed by atoms with E-state index in [9.17, 15) is 14.3 Å². The summed E-state index contributed by atoms with van der Waals surface area (Å²) in [4.78, 5) is 11.7. The summed E-state index contributed by atoms with van der Waals surface area (Å²) in [5, 5.41) is 15.0. The first-order valence-electron chi connectivity index (χ1n) is 6.60. The third-order valence-electron chi connectivity index (χ3n) is 3.00. The third-order valence-corrected chi connectivity index (χ3v) is 3.00. The van der Waals surface area contributed by atoms with Crippen LogP contribution in [-0.4, -0.2) is 17.7 Å². The van der Waals surface area contributed by atoms with Gasteiger partial charge < -0.3 is 15.7 Å². The molecule has 110 valence electrons. The second-order valence-electron chi connectivity index (χ2n) is 4.74. The number of aliphatic hydroxyl groups excluding tert-OH is 1. The van der Waals surface area contributed by atoms with Crippen LogP contribution in [0.5, 0.6) is 0 Å². The van der Waals surface area contributed by atoms with Gasteiger partial charge in [-0.15, -0.1) is 0 Å². The molecule has 4 nitrogen and oxygen atoms in total. The average Bonchev–Trinajstić information content (AvgIpc) is 2.45. The minimum atomic E-state index is -1.09. The molecule has 5 heteroatoms. The van der Waals surface area contributed by atoms with Crippen molar-refractivity contribution in [3.05, 3.63) is 65.5 Å². The lowest BCUT2D eigenvalue weighted by atomic mass is 10.1. The maximum absolute atomic E-state index is 13.5. The van der Waals surface area contributed by atoms with Gasteiger partial charge in [-0.05, 0) is 30.7 Å². The molecule has 0 aliphatic heterocycles. The minimum Gasteiger partial charge on any atom is -0.386 e. The van der Waals surface area contributed by atoms with Gasteiger partial charge in [0.15, 0.2) is 0 Å². The molecule has 0 saturated heterocycles. The number of hydrogen-bond donors (Lipinski definition) is 3. The number of nitrogens with one attached hydrogen (secondary N) is 2. The summed E-state index contributed by atoms with van der Waals surface area (Å²) in [6, 6.07) is 12.8. The molecule has 0 aliphatic rings. The van der Waals surface area contributed by atoms with Crippen LogP contribution >= 0.6 is 0 Å². The van der Waals surface area contributed by atoms with E-state index in [1.807, 2.05) is 25.1 Å². The summed E-state index contributed by atoms with van der Waals surface area (Å²) < 4.78 is 13.5. The summed E-state index contributed by atoms with van der Waals surface area (Å²) in [7, 11) is 0. The predicted octanol–water partition coefficient (Wildman–Crippen LogP) is 2.99. The highest BCUT2D eigenvalue weighted by molar-refractivity contribution is 5.89. The first-order chi connectivity index (χ1) is 10.1. The second kappa shape index (κ2) is 6.85. The lowest BCUT2D eigenvalue weighted by Gasteiger charge is -2.13. The van der Waals surface area contributed by atoms with E-state index in [0.29, 0.717) is 5.69 Å². The van der Waals surface area contributed by atoms with Crippen molar-refractivity contribution in [2.75, 3.05) is 11.9 Å². The van der Waals surface area contributed by atoms with E-state index in [2.05, 4.69) is 10.6 Å². The summed E-state index contributed by atoms with van der Waals surface area (Å²) in [5.41, 5.74) is 1.85. The van der Waals surface area contributed by atoms with Crippen molar-refractivity contribution in [2.24, 2.45) is 0 Å². The van der Waals surface area contributed by atoms with Crippen molar-refractivity contribution in [3.63, 3.8) is 0 Å². The zero-order valence-corrected chi connectivity index (χ0v) is 11.6. The number of hydrogen-bond acceptors (Lipinski definition) is 2. The van der Waals surface area contributed by atoms with Gasteiger partial charge in [0.25, 0.3) is 0 Å². The van der Waals surface area contributed by atoms with Gasteiger partial charge in [-0.2, -0.15) is 0 Å². The summed E-state index contributed by atoms with van der Waals surface area (Å²) in [6.45, 7) is 1.85. The Kier molecular flexibility index (Phi) is 4.90. The molecule has 0 spiro atoms. The third kappa shape index (κ3) is 4.29. The van der Waals surface area contributed by atoms with E-state index in [0.717, 1.165) is 5.56 Å². The fourth-order valence-corrected chi connectivity index (χ4v) is 1.94. The maximum Gasteiger partial charge on any atom is 0.319 e. The van der Waals surface area contributed by atoms with Crippen LogP contribution in [0, 0.1) is 12.7 Å². The highest BCUT2D eigenvalue weighted by Gasteiger charge is 2.13. The molecule has 0 fully saturated rings. The normalized spacial score (nSPS) is 11.8. The van der Waals surface area contributed by atoms with Crippen LogP contribution in [0.25, 0.3) is 0 Å². The van der Waals surface area contributed by atoms with Gasteiger partial charge in [-0.1, -0.05) is 30.3 Å². The van der Waals surface area contributed by atoms with E-state index in [-0.39, 0.29) is 12.1 Å². The van der Waals surface area contributed by atoms with Crippen LogP contribution in [0.3, 0.4) is 0 Å². The first-order valence-corrected chi connectivity index (χ1v) is 6.60. The number of rotatable bonds is 4. The SMILES string of the molecule is Cc1cccc(NC(=O)NC[C@H](O)c2ccccc2F)c1. The van der Waals surface area contributed by atoms with Crippen molar-refractivity contribution < 1.29 is 14.3 Å². The number of aryl methyl sites for hydroxylation is 1. The molecule has 3 N–H and O–H groups in total. The second-order valence-corrected chi connectivity index (χ2v) is 4.74. The maximum atomic E-state index is 13.5. The largest absolute Gasteiger partial charge is 0.386 e. The number of anilines is 1. The average molecular weight is 288 g/mol. The highest BCUT2D eigenvalue weighted by atomic mass is 19.1. The van der Waals surface area contributed by atoms with Gasteiger partial charge in [-0.25, -0.2) is 9.18 Å². The Morgan fingerprint density at radius 2 is 2.00 bits per heavy atom. The molecule has 1 atom stereocenters. The zero-order valence-electron chi connectivity index (χ0n) is 11.6. The van der Waals surface area contributed by atoms with Crippen LogP contribution in [0.4, 0.5) is 14.9 Å². The molecule has 2 rings (SSSR count). The number of carbonyl (C=O) groups is 1. The smallest absolute Gasteiger partial charge is 0.319 e. The Morgan fingerprint density at radius 3 is 2.71 bits per heavy atom. The Morgan fingerprint density at radius 1 is 1.24 bits per heavy atom. The Bertz CT molecular complexity index is 631. The van der Waals surface area contributed by atoms with E-state index in [4.69, 9.17) is 0 Å². The lowest BCUT2D eigenvalue weighted by molar-refractivity contribution is 0.170. The van der Waals surface area contributed by atoms with E-state index in [1.54, 1.807) is 18.2 Å². The number of carbonyl (C=O) groups excluding carboxylic acids is 1. The molecule has 0 unspecified atom stereocenters. The molecule has 2 aromatic rings. The topological polar surface area (TPSA) is 61.4 Å². The fraction of sp³-hybridized carbons (Fsp3) is 0.188. The molecular formula is C16H17FN2O2. The van der Waals surface area contributed by atoms with Crippen molar-refractivity contribution in [2.45, 2.75) is 13.0 Å². The zero-order chi connectivity index (χ0) is 15.2. The number of halogens is 1. The van der Waals surface area contributed by atoms with Crippen LogP contribution in [0.2, 0.25) is 0 Å².